The predicted molar refractivity (Wildman–Crippen MR) is 58.6 cm³/mol. The highest BCUT2D eigenvalue weighted by molar-refractivity contribution is 5.94. The van der Waals surface area contributed by atoms with Gasteiger partial charge in [0, 0.05) is 5.39 Å². The van der Waals surface area contributed by atoms with E-state index in [1.54, 1.807) is 6.92 Å². The topological polar surface area (TPSA) is 57.8 Å². The molecule has 4 nitrogen and oxygen atoms in total. The van der Waals surface area contributed by atoms with Crippen molar-refractivity contribution in [2.24, 2.45) is 4.99 Å². The van der Waals surface area contributed by atoms with Crippen molar-refractivity contribution in [1.29, 1.82) is 0 Å². The number of nitrogens with zero attached hydrogens (tertiary/aromatic N) is 1. The van der Waals surface area contributed by atoms with E-state index < -0.39 is 0 Å². The number of benzene rings is 1. The standard InChI is InChI=1S/C11H12N2O2/c1-7-11(12-8(2)13-14)9-5-3-4-6-10(9)15-7/h3-6,14H,1-2H3,(H,12,13). The molecular weight excluding hydrogens is 192 g/mol. The molecule has 0 saturated heterocycles. The molecule has 1 aromatic carbocycles. The minimum Gasteiger partial charge on any atom is -0.459 e. The zero-order valence-corrected chi connectivity index (χ0v) is 8.61. The SMILES string of the molecule is CC(=Nc1c(C)oc2ccccc12)NO. The summed E-state index contributed by atoms with van der Waals surface area (Å²) in [5.74, 6) is 1.18. The zero-order chi connectivity index (χ0) is 10.8. The Bertz CT molecular complexity index is 514. The summed E-state index contributed by atoms with van der Waals surface area (Å²) in [6.07, 6.45) is 0. The summed E-state index contributed by atoms with van der Waals surface area (Å²) in [4.78, 5) is 4.23. The van der Waals surface area contributed by atoms with Crippen molar-refractivity contribution >= 4 is 22.5 Å². The van der Waals surface area contributed by atoms with Crippen LogP contribution in [-0.2, 0) is 0 Å². The highest BCUT2D eigenvalue weighted by atomic mass is 16.5. The lowest BCUT2D eigenvalue weighted by atomic mass is 10.2. The van der Waals surface area contributed by atoms with Gasteiger partial charge in [0.15, 0.2) is 0 Å². The van der Waals surface area contributed by atoms with Gasteiger partial charge in [0.05, 0.1) is 0 Å². The average molecular weight is 204 g/mol. The predicted octanol–water partition coefficient (Wildman–Crippen LogP) is 2.77. The van der Waals surface area contributed by atoms with Crippen molar-refractivity contribution in [2.75, 3.05) is 0 Å². The van der Waals surface area contributed by atoms with E-state index in [1.807, 2.05) is 36.7 Å². The molecule has 0 spiro atoms. The molecule has 1 aromatic heterocycles. The van der Waals surface area contributed by atoms with Crippen molar-refractivity contribution in [3.63, 3.8) is 0 Å². The summed E-state index contributed by atoms with van der Waals surface area (Å²) in [6.45, 7) is 3.53. The maximum Gasteiger partial charge on any atom is 0.136 e. The number of hydrogen-bond donors (Lipinski definition) is 2. The number of fused-ring (bicyclic) bond motifs is 1. The van der Waals surface area contributed by atoms with E-state index in [9.17, 15) is 0 Å². The molecule has 0 saturated carbocycles. The van der Waals surface area contributed by atoms with E-state index in [-0.39, 0.29) is 0 Å². The molecule has 0 unspecified atom stereocenters. The third-order valence-electron chi connectivity index (χ3n) is 2.18. The maximum atomic E-state index is 8.69. The van der Waals surface area contributed by atoms with E-state index in [1.165, 1.54) is 0 Å². The molecule has 2 aromatic rings. The number of aliphatic imine (C=N–C) groups is 1. The average Bonchev–Trinajstić information content (AvgIpc) is 2.55. The maximum absolute atomic E-state index is 8.69. The van der Waals surface area contributed by atoms with Crippen molar-refractivity contribution in [3.05, 3.63) is 30.0 Å². The van der Waals surface area contributed by atoms with Crippen LogP contribution >= 0.6 is 0 Å². The van der Waals surface area contributed by atoms with Crippen molar-refractivity contribution in [1.82, 2.24) is 5.48 Å². The molecular formula is C11H12N2O2. The molecule has 0 amide bonds. The van der Waals surface area contributed by atoms with Gasteiger partial charge in [-0.25, -0.2) is 4.99 Å². The molecule has 15 heavy (non-hydrogen) atoms. The molecule has 0 radical (unpaired) electrons. The Labute approximate surface area is 87.2 Å². The molecule has 0 atom stereocenters. The molecule has 78 valence electrons. The van der Waals surface area contributed by atoms with E-state index in [0.29, 0.717) is 5.84 Å². The number of aryl methyl sites for hydroxylation is 1. The number of hydroxylamine groups is 1. The van der Waals surface area contributed by atoms with Crippen LogP contribution in [0.2, 0.25) is 0 Å². The molecule has 1 heterocycles. The molecule has 2 rings (SSSR count). The van der Waals surface area contributed by atoms with Crippen LogP contribution in [0.1, 0.15) is 12.7 Å². The third-order valence-corrected chi connectivity index (χ3v) is 2.18. The first-order valence-corrected chi connectivity index (χ1v) is 4.66. The summed E-state index contributed by atoms with van der Waals surface area (Å²) in [5, 5.41) is 9.63. The van der Waals surface area contributed by atoms with Crippen LogP contribution in [0, 0.1) is 6.92 Å². The van der Waals surface area contributed by atoms with Gasteiger partial charge in [-0.1, -0.05) is 12.1 Å². The van der Waals surface area contributed by atoms with Crippen LogP contribution in [0.15, 0.2) is 33.7 Å². The Hall–Kier alpha value is -1.81. The van der Waals surface area contributed by atoms with Gasteiger partial charge >= 0.3 is 0 Å². The highest BCUT2D eigenvalue weighted by Crippen LogP contribution is 2.32. The Morgan fingerprint density at radius 3 is 2.87 bits per heavy atom. The Kier molecular flexibility index (Phi) is 2.43. The van der Waals surface area contributed by atoms with Crippen LogP contribution < -0.4 is 5.48 Å². The molecule has 0 fully saturated rings. The van der Waals surface area contributed by atoms with Gasteiger partial charge in [0.25, 0.3) is 0 Å². The van der Waals surface area contributed by atoms with Gasteiger partial charge in [0.1, 0.15) is 22.9 Å². The quantitative estimate of drug-likeness (QED) is 0.426. The minimum absolute atomic E-state index is 0.435. The van der Waals surface area contributed by atoms with Crippen LogP contribution in [0.5, 0.6) is 0 Å². The van der Waals surface area contributed by atoms with Gasteiger partial charge in [-0.3, -0.25) is 10.7 Å². The Balaban J connectivity index is 2.64. The summed E-state index contributed by atoms with van der Waals surface area (Å²) >= 11 is 0. The summed E-state index contributed by atoms with van der Waals surface area (Å²) < 4.78 is 5.53. The number of nitrogens with one attached hydrogen (secondary N) is 1. The number of hydrogen-bond acceptors (Lipinski definition) is 3. The van der Waals surface area contributed by atoms with Crippen LogP contribution in [0.4, 0.5) is 5.69 Å². The highest BCUT2D eigenvalue weighted by Gasteiger charge is 2.09. The van der Waals surface area contributed by atoms with Crippen LogP contribution in [0.25, 0.3) is 11.0 Å². The Morgan fingerprint density at radius 1 is 1.40 bits per heavy atom. The lowest BCUT2D eigenvalue weighted by Crippen LogP contribution is -2.13. The van der Waals surface area contributed by atoms with E-state index >= 15 is 0 Å². The molecule has 0 aliphatic heterocycles. The lowest BCUT2D eigenvalue weighted by Gasteiger charge is -1.96. The first kappa shape index (κ1) is 9.73. The van der Waals surface area contributed by atoms with Gasteiger partial charge in [0.2, 0.25) is 0 Å². The number of para-hydroxylation sites is 1. The molecule has 0 bridgehead atoms. The first-order valence-electron chi connectivity index (χ1n) is 4.66. The lowest BCUT2D eigenvalue weighted by molar-refractivity contribution is 0.234. The normalized spacial score (nSPS) is 12.1. The van der Waals surface area contributed by atoms with Gasteiger partial charge in [-0.2, -0.15) is 0 Å². The fourth-order valence-corrected chi connectivity index (χ4v) is 1.49. The van der Waals surface area contributed by atoms with E-state index in [0.717, 1.165) is 22.4 Å². The van der Waals surface area contributed by atoms with Crippen LogP contribution in [-0.4, -0.2) is 11.0 Å². The van der Waals surface area contributed by atoms with Crippen molar-refractivity contribution < 1.29 is 9.62 Å². The fraction of sp³-hybridized carbons (Fsp3) is 0.182. The number of amidine groups is 1. The molecule has 0 aliphatic carbocycles. The second kappa shape index (κ2) is 3.74. The Morgan fingerprint density at radius 2 is 2.13 bits per heavy atom. The minimum atomic E-state index is 0.435. The second-order valence-electron chi connectivity index (χ2n) is 3.31. The van der Waals surface area contributed by atoms with Crippen LogP contribution in [0.3, 0.4) is 0 Å². The summed E-state index contributed by atoms with van der Waals surface area (Å²) in [5.41, 5.74) is 3.56. The smallest absolute Gasteiger partial charge is 0.136 e. The first-order chi connectivity index (χ1) is 7.22. The van der Waals surface area contributed by atoms with Gasteiger partial charge < -0.3 is 4.42 Å². The number of rotatable bonds is 1. The summed E-state index contributed by atoms with van der Waals surface area (Å²) in [7, 11) is 0. The van der Waals surface area contributed by atoms with Gasteiger partial charge in [-0.15, -0.1) is 0 Å². The fourth-order valence-electron chi connectivity index (χ4n) is 1.49. The largest absolute Gasteiger partial charge is 0.459 e. The molecule has 2 N–H and O–H groups in total. The van der Waals surface area contributed by atoms with E-state index in [2.05, 4.69) is 4.99 Å². The van der Waals surface area contributed by atoms with Crippen molar-refractivity contribution in [2.45, 2.75) is 13.8 Å². The summed E-state index contributed by atoms with van der Waals surface area (Å²) in [6, 6.07) is 7.67. The molecule has 0 aliphatic rings. The second-order valence-corrected chi connectivity index (χ2v) is 3.31. The number of furan rings is 1. The zero-order valence-electron chi connectivity index (χ0n) is 8.61. The third kappa shape index (κ3) is 1.71. The monoisotopic (exact) mass is 204 g/mol. The van der Waals surface area contributed by atoms with E-state index in [4.69, 9.17) is 9.62 Å². The molecule has 4 heteroatoms. The van der Waals surface area contributed by atoms with Crippen molar-refractivity contribution in [3.8, 4) is 0 Å². The van der Waals surface area contributed by atoms with Gasteiger partial charge in [-0.05, 0) is 26.0 Å².